The first kappa shape index (κ1) is 18.9. The van der Waals surface area contributed by atoms with E-state index in [1.165, 1.54) is 42.7 Å². The predicted molar refractivity (Wildman–Crippen MR) is 89.3 cm³/mol. The molecule has 1 fully saturated rings. The number of aromatic nitrogens is 1. The average molecular weight is 379 g/mol. The van der Waals surface area contributed by atoms with Gasteiger partial charge in [0.1, 0.15) is 17.2 Å². The Morgan fingerprint density at radius 1 is 1.07 bits per heavy atom. The minimum Gasteiger partial charge on any atom is -0.506 e. The summed E-state index contributed by atoms with van der Waals surface area (Å²) in [7, 11) is 0. The quantitative estimate of drug-likeness (QED) is 0.825. The van der Waals surface area contributed by atoms with Gasteiger partial charge in [-0.1, -0.05) is 5.92 Å². The molecular formula is C19H16F3NO4. The van der Waals surface area contributed by atoms with Crippen LogP contribution in [0.1, 0.15) is 18.4 Å². The van der Waals surface area contributed by atoms with E-state index in [1.807, 2.05) is 0 Å². The van der Waals surface area contributed by atoms with E-state index < -0.39 is 12.0 Å². The Kier molecular flexibility index (Phi) is 5.42. The smallest absolute Gasteiger partial charge is 0.506 e. The number of alkyl halides is 3. The third kappa shape index (κ3) is 5.53. The van der Waals surface area contributed by atoms with Crippen molar-refractivity contribution < 1.29 is 32.5 Å². The number of benzene rings is 1. The Hall–Kier alpha value is -2.92. The van der Waals surface area contributed by atoms with Gasteiger partial charge in [0, 0.05) is 24.6 Å². The Balaban J connectivity index is 1.79. The first-order chi connectivity index (χ1) is 12.8. The van der Waals surface area contributed by atoms with E-state index >= 15 is 0 Å². The first-order valence-corrected chi connectivity index (χ1v) is 8.13. The van der Waals surface area contributed by atoms with Crippen LogP contribution in [0.4, 0.5) is 13.2 Å². The summed E-state index contributed by atoms with van der Waals surface area (Å²) in [5.74, 6) is 6.05. The molecule has 0 atom stereocenters. The fourth-order valence-electron chi connectivity index (χ4n) is 2.57. The molecule has 8 heteroatoms. The van der Waals surface area contributed by atoms with Crippen molar-refractivity contribution in [1.29, 1.82) is 0 Å². The van der Waals surface area contributed by atoms with Gasteiger partial charge in [-0.2, -0.15) is 0 Å². The van der Waals surface area contributed by atoms with E-state index in [2.05, 4.69) is 21.6 Å². The highest BCUT2D eigenvalue weighted by atomic mass is 19.4. The molecule has 1 aromatic heterocycles. The normalized spacial score (nSPS) is 16.1. The van der Waals surface area contributed by atoms with Crippen LogP contribution in [-0.4, -0.2) is 35.3 Å². The highest BCUT2D eigenvalue weighted by Gasteiger charge is 2.34. The minimum atomic E-state index is -4.74. The SMILES string of the molecule is Oc1cncc(C#CC2(Oc3ccc(OC(F)(F)F)cc3)CCOCC2)c1. The maximum atomic E-state index is 12.3. The van der Waals surface area contributed by atoms with Crippen LogP contribution in [0, 0.1) is 11.8 Å². The molecule has 0 radical (unpaired) electrons. The van der Waals surface area contributed by atoms with Crippen LogP contribution in [0.2, 0.25) is 0 Å². The number of pyridine rings is 1. The lowest BCUT2D eigenvalue weighted by atomic mass is 9.94. The topological polar surface area (TPSA) is 60.8 Å². The summed E-state index contributed by atoms with van der Waals surface area (Å²) in [4.78, 5) is 3.87. The molecule has 0 amide bonds. The minimum absolute atomic E-state index is 0.00370. The third-order valence-corrected chi connectivity index (χ3v) is 3.83. The summed E-state index contributed by atoms with van der Waals surface area (Å²) in [6.45, 7) is 0.893. The monoisotopic (exact) mass is 379 g/mol. The van der Waals surface area contributed by atoms with Crippen molar-refractivity contribution in [2.24, 2.45) is 0 Å². The van der Waals surface area contributed by atoms with Gasteiger partial charge in [-0.05, 0) is 36.3 Å². The van der Waals surface area contributed by atoms with Crippen molar-refractivity contribution >= 4 is 0 Å². The molecule has 0 spiro atoms. The molecule has 0 aliphatic carbocycles. The largest absolute Gasteiger partial charge is 0.573 e. The zero-order valence-corrected chi connectivity index (χ0v) is 14.1. The highest BCUT2D eigenvalue weighted by Crippen LogP contribution is 2.30. The van der Waals surface area contributed by atoms with E-state index in [4.69, 9.17) is 9.47 Å². The molecule has 1 saturated heterocycles. The molecule has 27 heavy (non-hydrogen) atoms. The zero-order valence-electron chi connectivity index (χ0n) is 14.1. The van der Waals surface area contributed by atoms with E-state index in [1.54, 1.807) is 0 Å². The summed E-state index contributed by atoms with van der Waals surface area (Å²) in [5, 5.41) is 9.48. The summed E-state index contributed by atoms with van der Waals surface area (Å²) in [5.41, 5.74) is -0.325. The predicted octanol–water partition coefficient (Wildman–Crippen LogP) is 3.67. The number of rotatable bonds is 3. The Labute approximate surface area is 153 Å². The van der Waals surface area contributed by atoms with Gasteiger partial charge < -0.3 is 19.3 Å². The second-order valence-electron chi connectivity index (χ2n) is 5.91. The van der Waals surface area contributed by atoms with Gasteiger partial charge >= 0.3 is 6.36 Å². The van der Waals surface area contributed by atoms with Crippen LogP contribution < -0.4 is 9.47 Å². The molecule has 5 nitrogen and oxygen atoms in total. The number of aromatic hydroxyl groups is 1. The molecule has 0 unspecified atom stereocenters. The summed E-state index contributed by atoms with van der Waals surface area (Å²) in [6.07, 6.45) is -0.940. The van der Waals surface area contributed by atoms with Crippen molar-refractivity contribution in [2.75, 3.05) is 13.2 Å². The fourth-order valence-corrected chi connectivity index (χ4v) is 2.57. The lowest BCUT2D eigenvalue weighted by Crippen LogP contribution is -2.40. The van der Waals surface area contributed by atoms with E-state index in [0.29, 0.717) is 37.4 Å². The molecule has 0 saturated carbocycles. The first-order valence-electron chi connectivity index (χ1n) is 8.13. The number of ether oxygens (including phenoxy) is 3. The summed E-state index contributed by atoms with van der Waals surface area (Å²) in [6, 6.07) is 6.65. The van der Waals surface area contributed by atoms with Gasteiger partial charge in [-0.15, -0.1) is 13.2 Å². The molecule has 2 heterocycles. The lowest BCUT2D eigenvalue weighted by molar-refractivity contribution is -0.274. The highest BCUT2D eigenvalue weighted by molar-refractivity contribution is 5.39. The van der Waals surface area contributed by atoms with Gasteiger partial charge in [0.15, 0.2) is 5.60 Å². The van der Waals surface area contributed by atoms with Crippen LogP contribution in [0.25, 0.3) is 0 Å². The Morgan fingerprint density at radius 2 is 1.74 bits per heavy atom. The van der Waals surface area contributed by atoms with Crippen molar-refractivity contribution in [1.82, 2.24) is 4.98 Å². The van der Waals surface area contributed by atoms with Crippen molar-refractivity contribution in [3.8, 4) is 29.1 Å². The molecule has 1 aliphatic rings. The van der Waals surface area contributed by atoms with E-state index in [-0.39, 0.29) is 11.5 Å². The van der Waals surface area contributed by atoms with Gasteiger partial charge in [-0.3, -0.25) is 4.98 Å². The number of hydrogen-bond acceptors (Lipinski definition) is 5. The van der Waals surface area contributed by atoms with Crippen LogP contribution in [-0.2, 0) is 4.74 Å². The van der Waals surface area contributed by atoms with Gasteiger partial charge in [-0.25, -0.2) is 0 Å². The third-order valence-electron chi connectivity index (χ3n) is 3.83. The van der Waals surface area contributed by atoms with Crippen LogP contribution in [0.5, 0.6) is 17.2 Å². The number of halogens is 3. The molecular weight excluding hydrogens is 363 g/mol. The maximum absolute atomic E-state index is 12.3. The molecule has 142 valence electrons. The second-order valence-corrected chi connectivity index (χ2v) is 5.91. The fraction of sp³-hybridized carbons (Fsp3) is 0.316. The number of hydrogen-bond donors (Lipinski definition) is 1. The van der Waals surface area contributed by atoms with Crippen LogP contribution >= 0.6 is 0 Å². The zero-order chi connectivity index (χ0) is 19.3. The number of nitrogens with zero attached hydrogens (tertiary/aromatic N) is 1. The molecule has 1 N–H and O–H groups in total. The molecule has 1 aliphatic heterocycles. The lowest BCUT2D eigenvalue weighted by Gasteiger charge is -2.33. The Bertz CT molecular complexity index is 835. The Morgan fingerprint density at radius 3 is 2.37 bits per heavy atom. The van der Waals surface area contributed by atoms with Crippen LogP contribution in [0.3, 0.4) is 0 Å². The molecule has 0 bridgehead atoms. The second kappa shape index (κ2) is 7.76. The van der Waals surface area contributed by atoms with Gasteiger partial charge in [0.05, 0.1) is 19.4 Å². The summed E-state index contributed by atoms with van der Waals surface area (Å²) >= 11 is 0. The standard InChI is InChI=1S/C19H16F3NO4/c20-19(21,22)27-17-3-1-16(2-4-17)26-18(7-9-25-10-8-18)6-5-14-11-15(24)13-23-12-14/h1-4,11-13,24H,7-10H2. The van der Waals surface area contributed by atoms with Gasteiger partial charge in [0.2, 0.25) is 0 Å². The van der Waals surface area contributed by atoms with Crippen LogP contribution in [0.15, 0.2) is 42.7 Å². The maximum Gasteiger partial charge on any atom is 0.573 e. The average Bonchev–Trinajstić information content (AvgIpc) is 2.62. The van der Waals surface area contributed by atoms with E-state index in [9.17, 15) is 18.3 Å². The molecule has 1 aromatic carbocycles. The van der Waals surface area contributed by atoms with Crippen molar-refractivity contribution in [3.05, 3.63) is 48.3 Å². The molecule has 2 aromatic rings. The van der Waals surface area contributed by atoms with Crippen molar-refractivity contribution in [2.45, 2.75) is 24.8 Å². The van der Waals surface area contributed by atoms with Crippen molar-refractivity contribution in [3.63, 3.8) is 0 Å². The van der Waals surface area contributed by atoms with E-state index in [0.717, 1.165) is 0 Å². The summed E-state index contributed by atoms with van der Waals surface area (Å²) < 4.78 is 52.0. The van der Waals surface area contributed by atoms with Gasteiger partial charge in [0.25, 0.3) is 0 Å². The molecule has 3 rings (SSSR count).